The van der Waals surface area contributed by atoms with Crippen molar-refractivity contribution >= 4 is 17.5 Å². The Hall–Kier alpha value is -2.94. The lowest BCUT2D eigenvalue weighted by molar-refractivity contribution is -0.141. The first-order chi connectivity index (χ1) is 12.7. The van der Waals surface area contributed by atoms with E-state index >= 15 is 0 Å². The van der Waals surface area contributed by atoms with Gasteiger partial charge in [0.1, 0.15) is 5.69 Å². The first-order valence-electron chi connectivity index (χ1n) is 8.02. The van der Waals surface area contributed by atoms with Crippen molar-refractivity contribution in [3.63, 3.8) is 0 Å². The molecule has 144 valence electrons. The zero-order valence-electron chi connectivity index (χ0n) is 14.7. The number of halogens is 3. The molecule has 2 N–H and O–H groups in total. The van der Waals surface area contributed by atoms with Crippen molar-refractivity contribution in [2.24, 2.45) is 0 Å². The quantitative estimate of drug-likeness (QED) is 0.782. The minimum atomic E-state index is -4.57. The number of carbonyl (C=O) groups excluding carboxylic acids is 2. The molecule has 0 radical (unpaired) electrons. The summed E-state index contributed by atoms with van der Waals surface area (Å²) in [5.74, 6) is -1.88. The van der Waals surface area contributed by atoms with Gasteiger partial charge in [0.25, 0.3) is 0 Å². The molecule has 2 rings (SSSR count). The van der Waals surface area contributed by atoms with Crippen LogP contribution in [0.15, 0.2) is 48.7 Å². The first kappa shape index (κ1) is 20.4. The number of benzene rings is 1. The van der Waals surface area contributed by atoms with Crippen LogP contribution in [0, 0.1) is 0 Å². The Kier molecular flexibility index (Phi) is 6.51. The van der Waals surface area contributed by atoms with Crippen LogP contribution >= 0.6 is 0 Å². The van der Waals surface area contributed by atoms with E-state index in [4.69, 9.17) is 0 Å². The number of aromatic nitrogens is 1. The van der Waals surface area contributed by atoms with Gasteiger partial charge < -0.3 is 15.5 Å². The fourth-order valence-corrected chi connectivity index (χ4v) is 2.37. The Morgan fingerprint density at radius 3 is 2.26 bits per heavy atom. The lowest BCUT2D eigenvalue weighted by atomic mass is 10.1. The predicted molar refractivity (Wildman–Crippen MR) is 93.7 cm³/mol. The van der Waals surface area contributed by atoms with Gasteiger partial charge >= 0.3 is 18.0 Å². The van der Waals surface area contributed by atoms with Crippen LogP contribution in [0.5, 0.6) is 0 Å². The van der Waals surface area contributed by atoms with E-state index in [1.807, 2.05) is 49.3 Å². The number of pyridine rings is 1. The van der Waals surface area contributed by atoms with Crippen LogP contribution in [-0.4, -0.2) is 42.3 Å². The van der Waals surface area contributed by atoms with Crippen LogP contribution in [0.25, 0.3) is 0 Å². The highest BCUT2D eigenvalue weighted by atomic mass is 19.4. The Morgan fingerprint density at radius 2 is 1.74 bits per heavy atom. The number of hydrogen-bond donors (Lipinski definition) is 2. The molecular formula is C18H19F3N4O2. The molecule has 2 amide bonds. The molecule has 0 aliphatic heterocycles. The lowest BCUT2D eigenvalue weighted by Crippen LogP contribution is -2.40. The minimum absolute atomic E-state index is 0.00429. The van der Waals surface area contributed by atoms with Gasteiger partial charge in [-0.2, -0.15) is 13.2 Å². The summed E-state index contributed by atoms with van der Waals surface area (Å²) < 4.78 is 37.4. The van der Waals surface area contributed by atoms with Crippen LogP contribution in [0.4, 0.5) is 18.9 Å². The maximum atomic E-state index is 12.5. The molecular weight excluding hydrogens is 361 g/mol. The van der Waals surface area contributed by atoms with Crippen molar-refractivity contribution in [2.75, 3.05) is 26.0 Å². The fourth-order valence-electron chi connectivity index (χ4n) is 2.37. The minimum Gasteiger partial charge on any atom is -0.346 e. The maximum absolute atomic E-state index is 12.5. The fraction of sp³-hybridized carbons (Fsp3) is 0.278. The number of anilines is 1. The third-order valence-electron chi connectivity index (χ3n) is 3.78. The van der Waals surface area contributed by atoms with Crippen molar-refractivity contribution < 1.29 is 22.8 Å². The maximum Gasteiger partial charge on any atom is 0.433 e. The monoisotopic (exact) mass is 380 g/mol. The van der Waals surface area contributed by atoms with Gasteiger partial charge in [-0.15, -0.1) is 0 Å². The summed E-state index contributed by atoms with van der Waals surface area (Å²) in [5.41, 5.74) is -0.118. The number of nitrogens with one attached hydrogen (secondary N) is 2. The van der Waals surface area contributed by atoms with Crippen LogP contribution in [0.3, 0.4) is 0 Å². The number of carbonyl (C=O) groups is 2. The zero-order chi connectivity index (χ0) is 20.0. The number of likely N-dealkylation sites (N-methyl/N-ethyl adjacent to an activating group) is 1. The van der Waals surface area contributed by atoms with E-state index in [0.29, 0.717) is 0 Å². The molecule has 1 aromatic heterocycles. The van der Waals surface area contributed by atoms with Gasteiger partial charge in [-0.3, -0.25) is 9.59 Å². The topological polar surface area (TPSA) is 74.3 Å². The summed E-state index contributed by atoms with van der Waals surface area (Å²) in [6, 6.07) is 11.1. The zero-order valence-corrected chi connectivity index (χ0v) is 14.7. The molecule has 0 saturated heterocycles. The molecule has 9 heteroatoms. The Bertz CT molecular complexity index is 777. The largest absolute Gasteiger partial charge is 0.433 e. The normalized spacial score (nSPS) is 12.5. The highest BCUT2D eigenvalue weighted by Gasteiger charge is 2.32. The third-order valence-corrected chi connectivity index (χ3v) is 3.78. The van der Waals surface area contributed by atoms with Crippen molar-refractivity contribution in [1.82, 2.24) is 15.2 Å². The smallest absolute Gasteiger partial charge is 0.346 e. The summed E-state index contributed by atoms with van der Waals surface area (Å²) in [4.78, 5) is 29.0. The molecule has 0 unspecified atom stereocenters. The van der Waals surface area contributed by atoms with Gasteiger partial charge in [-0.25, -0.2) is 4.98 Å². The number of hydrogen-bond acceptors (Lipinski definition) is 4. The van der Waals surface area contributed by atoms with Gasteiger partial charge in [0.05, 0.1) is 17.9 Å². The van der Waals surface area contributed by atoms with Gasteiger partial charge in [-0.1, -0.05) is 30.3 Å². The molecule has 0 fully saturated rings. The number of alkyl halides is 3. The number of rotatable bonds is 5. The van der Waals surface area contributed by atoms with Crippen LogP contribution < -0.4 is 10.6 Å². The number of nitrogens with zero attached hydrogens (tertiary/aromatic N) is 2. The number of amides is 2. The highest BCUT2D eigenvalue weighted by Crippen LogP contribution is 2.27. The van der Waals surface area contributed by atoms with E-state index < -0.39 is 23.7 Å². The van der Waals surface area contributed by atoms with Crippen LogP contribution in [0.2, 0.25) is 0 Å². The summed E-state index contributed by atoms with van der Waals surface area (Å²) in [7, 11) is 3.69. The molecule has 2 aromatic rings. The summed E-state index contributed by atoms with van der Waals surface area (Å²) in [6.07, 6.45) is -3.72. The average molecular weight is 380 g/mol. The van der Waals surface area contributed by atoms with Gasteiger partial charge in [0, 0.05) is 6.54 Å². The van der Waals surface area contributed by atoms with E-state index in [0.717, 1.165) is 23.9 Å². The van der Waals surface area contributed by atoms with E-state index in [-0.39, 0.29) is 18.3 Å². The van der Waals surface area contributed by atoms with Crippen molar-refractivity contribution in [1.29, 1.82) is 0 Å². The second kappa shape index (κ2) is 8.63. The van der Waals surface area contributed by atoms with E-state index in [2.05, 4.69) is 15.6 Å². The van der Waals surface area contributed by atoms with Gasteiger partial charge in [-0.05, 0) is 31.8 Å². The molecule has 27 heavy (non-hydrogen) atoms. The third kappa shape index (κ3) is 5.78. The molecule has 6 nitrogen and oxygen atoms in total. The van der Waals surface area contributed by atoms with Gasteiger partial charge in [0.2, 0.25) is 0 Å². The lowest BCUT2D eigenvalue weighted by Gasteiger charge is -2.25. The second-order valence-electron chi connectivity index (χ2n) is 5.98. The molecule has 1 atom stereocenters. The molecule has 0 saturated carbocycles. The standard InChI is InChI=1S/C18H19F3N4O2/c1-25(2)14(12-6-4-3-5-7-12)11-23-16(26)17(27)24-13-8-9-15(22-10-13)18(19,20)21/h3-10,14H,11H2,1-2H3,(H,23,26)(H,24,27)/t14-/m0/s1. The van der Waals surface area contributed by atoms with Crippen LogP contribution in [-0.2, 0) is 15.8 Å². The predicted octanol–water partition coefficient (Wildman–Crippen LogP) is 2.46. The SMILES string of the molecule is CN(C)[C@@H](CNC(=O)C(=O)Nc1ccc(C(F)(F)F)nc1)c1ccccc1. The summed E-state index contributed by atoms with van der Waals surface area (Å²) in [5, 5.41) is 4.74. The summed E-state index contributed by atoms with van der Waals surface area (Å²) >= 11 is 0. The second-order valence-corrected chi connectivity index (χ2v) is 5.98. The van der Waals surface area contributed by atoms with E-state index in [9.17, 15) is 22.8 Å². The average Bonchev–Trinajstić information content (AvgIpc) is 2.62. The van der Waals surface area contributed by atoms with E-state index in [1.54, 1.807) is 0 Å². The summed E-state index contributed by atoms with van der Waals surface area (Å²) in [6.45, 7) is 0.189. The molecule has 1 aromatic carbocycles. The van der Waals surface area contributed by atoms with Crippen molar-refractivity contribution in [3.8, 4) is 0 Å². The Balaban J connectivity index is 1.94. The molecule has 0 aliphatic rings. The molecule has 0 spiro atoms. The van der Waals surface area contributed by atoms with E-state index in [1.165, 1.54) is 0 Å². The molecule has 0 aliphatic carbocycles. The van der Waals surface area contributed by atoms with Crippen molar-refractivity contribution in [3.05, 3.63) is 59.9 Å². The van der Waals surface area contributed by atoms with Crippen molar-refractivity contribution in [2.45, 2.75) is 12.2 Å². The molecule has 1 heterocycles. The first-order valence-corrected chi connectivity index (χ1v) is 8.02. The molecule has 0 bridgehead atoms. The Labute approximate surface area is 154 Å². The highest BCUT2D eigenvalue weighted by molar-refractivity contribution is 6.39. The van der Waals surface area contributed by atoms with Gasteiger partial charge in [0.15, 0.2) is 0 Å². The van der Waals surface area contributed by atoms with Crippen LogP contribution in [0.1, 0.15) is 17.3 Å². The Morgan fingerprint density at radius 1 is 1.07 bits per heavy atom.